The van der Waals surface area contributed by atoms with Gasteiger partial charge in [0.05, 0.1) is 11.8 Å². The van der Waals surface area contributed by atoms with Gasteiger partial charge in [-0.05, 0) is 42.6 Å². The lowest BCUT2D eigenvalue weighted by atomic mass is 9.77. The Labute approximate surface area is 144 Å². The number of allylic oxidation sites excluding steroid dienone is 7. The van der Waals surface area contributed by atoms with Gasteiger partial charge in [0.1, 0.15) is 11.6 Å². The van der Waals surface area contributed by atoms with Gasteiger partial charge in [0.15, 0.2) is 5.78 Å². The van der Waals surface area contributed by atoms with Gasteiger partial charge in [0.25, 0.3) is 5.91 Å². The van der Waals surface area contributed by atoms with Crippen LogP contribution in [0, 0.1) is 17.2 Å². The average Bonchev–Trinajstić information content (AvgIpc) is 3.12. The molecule has 5 rings (SSSR count). The highest BCUT2D eigenvalue weighted by atomic mass is 16.5. The number of aliphatic imine (C=N–C) groups is 1. The minimum absolute atomic E-state index is 0.0386. The number of amides is 1. The van der Waals surface area contributed by atoms with E-state index in [9.17, 15) is 14.9 Å². The van der Waals surface area contributed by atoms with E-state index in [-0.39, 0.29) is 23.4 Å². The summed E-state index contributed by atoms with van der Waals surface area (Å²) in [7, 11) is 0. The molecule has 2 atom stereocenters. The van der Waals surface area contributed by atoms with Crippen LogP contribution in [-0.2, 0) is 14.3 Å². The summed E-state index contributed by atoms with van der Waals surface area (Å²) >= 11 is 0. The van der Waals surface area contributed by atoms with Gasteiger partial charge in [-0.1, -0.05) is 12.2 Å². The summed E-state index contributed by atoms with van der Waals surface area (Å²) in [6.45, 7) is 0.708. The fraction of sp³-hybridized carbons (Fsp3) is 0.300. The number of fused-ring (bicyclic) bond motifs is 3. The Morgan fingerprint density at radius 3 is 2.80 bits per heavy atom. The molecule has 5 heteroatoms. The number of rotatable bonds is 1. The maximum absolute atomic E-state index is 12.7. The highest BCUT2D eigenvalue weighted by molar-refractivity contribution is 6.33. The molecule has 5 aliphatic rings. The van der Waals surface area contributed by atoms with E-state index in [1.54, 1.807) is 6.08 Å². The van der Waals surface area contributed by atoms with Crippen molar-refractivity contribution in [2.75, 3.05) is 6.61 Å². The predicted octanol–water partition coefficient (Wildman–Crippen LogP) is 2.29. The number of hydrogen-bond acceptors (Lipinski definition) is 4. The van der Waals surface area contributed by atoms with Crippen LogP contribution in [0.2, 0.25) is 0 Å². The molecule has 122 valence electrons. The van der Waals surface area contributed by atoms with Crippen LogP contribution < -0.4 is 0 Å². The monoisotopic (exact) mass is 330 g/mol. The van der Waals surface area contributed by atoms with Crippen LogP contribution in [-0.4, -0.2) is 30.1 Å². The molecule has 0 aromatic carbocycles. The zero-order valence-electron chi connectivity index (χ0n) is 13.4. The van der Waals surface area contributed by atoms with Crippen molar-refractivity contribution in [2.24, 2.45) is 10.9 Å². The standard InChI is InChI=1S/C20H14N2O3/c21-9-13-17-11-5-4-10(15-3-1-2-8-25-15)18-14(23)7-6-12(16(11)18)19(17)22-20(13)24/h4-7,11,15H,1-3,8H2. The zero-order chi connectivity index (χ0) is 17.1. The molecular formula is C20H14N2O3. The van der Waals surface area contributed by atoms with Crippen LogP contribution in [0.5, 0.6) is 0 Å². The van der Waals surface area contributed by atoms with Crippen LogP contribution >= 0.6 is 0 Å². The molecule has 3 aliphatic carbocycles. The molecule has 0 radical (unpaired) electrons. The number of carbonyl (C=O) groups excluding carboxylic acids is 2. The first-order chi connectivity index (χ1) is 12.2. The average molecular weight is 330 g/mol. The van der Waals surface area contributed by atoms with Crippen LogP contribution in [0.4, 0.5) is 0 Å². The molecule has 1 amide bonds. The molecule has 0 N–H and O–H groups in total. The summed E-state index contributed by atoms with van der Waals surface area (Å²) in [6, 6.07) is 1.99. The normalized spacial score (nSPS) is 30.0. The van der Waals surface area contributed by atoms with Crippen molar-refractivity contribution in [1.82, 2.24) is 0 Å². The van der Waals surface area contributed by atoms with E-state index in [0.717, 1.165) is 36.0 Å². The Kier molecular flexibility index (Phi) is 2.94. The Bertz CT molecular complexity index is 973. The first kappa shape index (κ1) is 14.5. The lowest BCUT2D eigenvalue weighted by Crippen LogP contribution is -2.27. The Morgan fingerprint density at radius 1 is 1.16 bits per heavy atom. The topological polar surface area (TPSA) is 79.5 Å². The second kappa shape index (κ2) is 5.08. The van der Waals surface area contributed by atoms with Crippen molar-refractivity contribution in [2.45, 2.75) is 25.4 Å². The molecule has 0 bridgehead atoms. The van der Waals surface area contributed by atoms with Crippen molar-refractivity contribution in [3.63, 3.8) is 0 Å². The van der Waals surface area contributed by atoms with Gasteiger partial charge in [-0.2, -0.15) is 5.26 Å². The quantitative estimate of drug-likeness (QED) is 0.739. The lowest BCUT2D eigenvalue weighted by molar-refractivity contribution is -0.114. The minimum Gasteiger partial charge on any atom is -0.374 e. The third kappa shape index (κ3) is 1.83. The minimum atomic E-state index is -0.482. The van der Waals surface area contributed by atoms with E-state index < -0.39 is 5.91 Å². The van der Waals surface area contributed by atoms with E-state index in [4.69, 9.17) is 4.74 Å². The zero-order valence-corrected chi connectivity index (χ0v) is 13.4. The van der Waals surface area contributed by atoms with Gasteiger partial charge < -0.3 is 4.74 Å². The molecular weight excluding hydrogens is 316 g/mol. The predicted molar refractivity (Wildman–Crippen MR) is 89.5 cm³/mol. The largest absolute Gasteiger partial charge is 0.374 e. The molecule has 2 unspecified atom stereocenters. The maximum atomic E-state index is 12.7. The SMILES string of the molecule is N#CC1=C2C(=NC1=O)C1=C3C(=C(C4CCCCO4)C=CC23)C(=O)C=C1. The van der Waals surface area contributed by atoms with Crippen LogP contribution in [0.3, 0.4) is 0 Å². The number of nitriles is 1. The van der Waals surface area contributed by atoms with Gasteiger partial charge in [-0.3, -0.25) is 9.59 Å². The fourth-order valence-electron chi connectivity index (χ4n) is 4.37. The summed E-state index contributed by atoms with van der Waals surface area (Å²) < 4.78 is 5.90. The first-order valence-corrected chi connectivity index (χ1v) is 8.49. The summed E-state index contributed by atoms with van der Waals surface area (Å²) in [6.07, 6.45) is 10.1. The molecule has 0 saturated carbocycles. The molecule has 25 heavy (non-hydrogen) atoms. The van der Waals surface area contributed by atoms with E-state index in [0.29, 0.717) is 23.5 Å². The summed E-state index contributed by atoms with van der Waals surface area (Å²) in [5.74, 6) is -0.765. The van der Waals surface area contributed by atoms with Crippen molar-refractivity contribution in [3.8, 4) is 6.07 Å². The van der Waals surface area contributed by atoms with E-state index in [1.165, 1.54) is 6.08 Å². The molecule has 1 fully saturated rings. The maximum Gasteiger partial charge on any atom is 0.288 e. The molecule has 0 aromatic heterocycles. The second-order valence-electron chi connectivity index (χ2n) is 6.71. The van der Waals surface area contributed by atoms with E-state index >= 15 is 0 Å². The van der Waals surface area contributed by atoms with Gasteiger partial charge in [-0.25, -0.2) is 4.99 Å². The van der Waals surface area contributed by atoms with E-state index in [1.807, 2.05) is 18.2 Å². The smallest absolute Gasteiger partial charge is 0.288 e. The van der Waals surface area contributed by atoms with Crippen LogP contribution in [0.1, 0.15) is 19.3 Å². The molecule has 0 aromatic rings. The lowest BCUT2D eigenvalue weighted by Gasteiger charge is -2.30. The molecule has 2 aliphatic heterocycles. The third-order valence-corrected chi connectivity index (χ3v) is 5.43. The first-order valence-electron chi connectivity index (χ1n) is 8.49. The third-order valence-electron chi connectivity index (χ3n) is 5.43. The Hall–Kier alpha value is -2.84. The highest BCUT2D eigenvalue weighted by Gasteiger charge is 2.46. The van der Waals surface area contributed by atoms with Gasteiger partial charge in [0.2, 0.25) is 0 Å². The summed E-state index contributed by atoms with van der Waals surface area (Å²) in [4.78, 5) is 28.8. The summed E-state index contributed by atoms with van der Waals surface area (Å²) in [5, 5.41) is 9.36. The number of carbonyl (C=O) groups is 2. The number of hydrogen-bond donors (Lipinski definition) is 0. The number of ketones is 1. The highest BCUT2D eigenvalue weighted by Crippen LogP contribution is 2.49. The summed E-state index contributed by atoms with van der Waals surface area (Å²) in [5.41, 5.74) is 4.57. The van der Waals surface area contributed by atoms with Crippen LogP contribution in [0.15, 0.2) is 62.7 Å². The van der Waals surface area contributed by atoms with Gasteiger partial charge in [-0.15, -0.1) is 0 Å². The molecule has 1 saturated heterocycles. The number of nitrogens with zero attached hydrogens (tertiary/aromatic N) is 2. The molecule has 2 heterocycles. The second-order valence-corrected chi connectivity index (χ2v) is 6.71. The van der Waals surface area contributed by atoms with Crippen molar-refractivity contribution >= 4 is 17.4 Å². The van der Waals surface area contributed by atoms with E-state index in [2.05, 4.69) is 4.99 Å². The molecule has 0 spiro atoms. The van der Waals surface area contributed by atoms with Crippen molar-refractivity contribution in [1.29, 1.82) is 5.26 Å². The van der Waals surface area contributed by atoms with Crippen molar-refractivity contribution in [3.05, 3.63) is 57.7 Å². The van der Waals surface area contributed by atoms with Gasteiger partial charge >= 0.3 is 0 Å². The Balaban J connectivity index is 1.73. The number of ether oxygens (including phenoxy) is 1. The van der Waals surface area contributed by atoms with Gasteiger partial charge in [0, 0.05) is 29.2 Å². The van der Waals surface area contributed by atoms with Crippen LogP contribution in [0.25, 0.3) is 0 Å². The van der Waals surface area contributed by atoms with Crippen molar-refractivity contribution < 1.29 is 14.3 Å². The molecule has 5 nitrogen and oxygen atoms in total. The Morgan fingerprint density at radius 2 is 2.04 bits per heavy atom. The fourth-order valence-corrected chi connectivity index (χ4v) is 4.37.